The lowest BCUT2D eigenvalue weighted by Gasteiger charge is -2.66. The Bertz CT molecular complexity index is 1160. The zero-order chi connectivity index (χ0) is 25.5. The van der Waals surface area contributed by atoms with Crippen LogP contribution >= 0.6 is 0 Å². The fourth-order valence-electron chi connectivity index (χ4n) is 9.92. The predicted molar refractivity (Wildman–Crippen MR) is 138 cm³/mol. The van der Waals surface area contributed by atoms with E-state index in [9.17, 15) is 19.8 Å². The van der Waals surface area contributed by atoms with Crippen molar-refractivity contribution in [3.63, 3.8) is 0 Å². The molecule has 3 saturated carbocycles. The molecule has 4 fully saturated rings. The van der Waals surface area contributed by atoms with Crippen molar-refractivity contribution in [3.8, 4) is 0 Å². The van der Waals surface area contributed by atoms with Gasteiger partial charge in [0.25, 0.3) is 0 Å². The fourth-order valence-corrected chi connectivity index (χ4v) is 9.92. The van der Waals surface area contributed by atoms with E-state index in [1.165, 1.54) is 5.56 Å². The molecule has 1 saturated heterocycles. The Morgan fingerprint density at radius 1 is 1.14 bits per heavy atom. The van der Waals surface area contributed by atoms with Gasteiger partial charge in [-0.25, -0.2) is 0 Å². The molecule has 1 heterocycles. The fraction of sp³-hybridized carbons (Fsp3) is 0.613. The lowest BCUT2D eigenvalue weighted by molar-refractivity contribution is -0.192. The standard InChI is InChI=1S/C31H39NO4/c1-28-12-11-23(34)13-21(28)9-10-24-25-14-22-17-32(16-20-7-5-4-6-8-20)19-31(22,27(36)18-33)29(25,2)15-26(35)30(24,28)3/h4-8,11-13,22,24-26,33,35H,9-10,14-19H2,1-3H3. The maximum Gasteiger partial charge on any atom is 0.178 e. The molecule has 0 bridgehead atoms. The van der Waals surface area contributed by atoms with Crippen LogP contribution < -0.4 is 0 Å². The summed E-state index contributed by atoms with van der Waals surface area (Å²) in [6, 6.07) is 10.4. The average molecular weight is 490 g/mol. The van der Waals surface area contributed by atoms with E-state index >= 15 is 0 Å². The number of carbonyl (C=O) groups excluding carboxylic acids is 2. The molecule has 1 aromatic carbocycles. The van der Waals surface area contributed by atoms with Crippen molar-refractivity contribution >= 4 is 11.6 Å². The van der Waals surface area contributed by atoms with Crippen LogP contribution in [0.25, 0.3) is 0 Å². The molecule has 1 aliphatic heterocycles. The smallest absolute Gasteiger partial charge is 0.178 e. The van der Waals surface area contributed by atoms with Gasteiger partial charge in [-0.1, -0.05) is 62.8 Å². The van der Waals surface area contributed by atoms with Gasteiger partial charge in [0.15, 0.2) is 11.6 Å². The van der Waals surface area contributed by atoms with Crippen LogP contribution in [0.5, 0.6) is 0 Å². The van der Waals surface area contributed by atoms with E-state index in [0.29, 0.717) is 18.9 Å². The molecule has 192 valence electrons. The number of nitrogens with zero attached hydrogens (tertiary/aromatic N) is 1. The largest absolute Gasteiger partial charge is 0.392 e. The molecule has 4 aliphatic carbocycles. The summed E-state index contributed by atoms with van der Waals surface area (Å²) in [5.41, 5.74) is 0.599. The lowest BCUT2D eigenvalue weighted by Crippen LogP contribution is -2.65. The zero-order valence-electron chi connectivity index (χ0n) is 21.7. The summed E-state index contributed by atoms with van der Waals surface area (Å²) in [6.07, 6.45) is 8.23. The number of likely N-dealkylation sites (tertiary alicyclic amines) is 1. The molecule has 5 aliphatic rings. The van der Waals surface area contributed by atoms with Gasteiger partial charge in [0.05, 0.1) is 11.5 Å². The van der Waals surface area contributed by atoms with Crippen LogP contribution in [0.4, 0.5) is 0 Å². The summed E-state index contributed by atoms with van der Waals surface area (Å²) in [6.45, 7) is 8.53. The number of Topliss-reactive ketones (excluding diaryl/α,β-unsaturated/α-hetero) is 1. The third-order valence-electron chi connectivity index (χ3n) is 11.9. The molecule has 8 atom stereocenters. The Balaban J connectivity index is 1.39. The molecule has 6 rings (SSSR count). The molecule has 36 heavy (non-hydrogen) atoms. The van der Waals surface area contributed by atoms with Gasteiger partial charge in [-0.3, -0.25) is 14.5 Å². The minimum absolute atomic E-state index is 0.0427. The first-order chi connectivity index (χ1) is 17.1. The Morgan fingerprint density at radius 3 is 2.61 bits per heavy atom. The van der Waals surface area contributed by atoms with Crippen LogP contribution in [0.3, 0.4) is 0 Å². The van der Waals surface area contributed by atoms with Crippen molar-refractivity contribution in [3.05, 3.63) is 59.7 Å². The van der Waals surface area contributed by atoms with Gasteiger partial charge in [0.1, 0.15) is 6.61 Å². The first-order valence-electron chi connectivity index (χ1n) is 13.6. The normalized spacial score (nSPS) is 45.5. The zero-order valence-corrected chi connectivity index (χ0v) is 21.7. The SMILES string of the molecule is CC12C=CC(=O)C=C1CCC1C3CC4CN(Cc5ccccc5)CC4(C(=O)CO)C3(C)CC(O)C12C. The van der Waals surface area contributed by atoms with Gasteiger partial charge in [-0.2, -0.15) is 0 Å². The highest BCUT2D eigenvalue weighted by molar-refractivity contribution is 6.01. The van der Waals surface area contributed by atoms with Crippen molar-refractivity contribution in [1.29, 1.82) is 0 Å². The maximum absolute atomic E-state index is 13.7. The van der Waals surface area contributed by atoms with Gasteiger partial charge < -0.3 is 10.2 Å². The van der Waals surface area contributed by atoms with Gasteiger partial charge in [0.2, 0.25) is 0 Å². The number of rotatable bonds is 4. The summed E-state index contributed by atoms with van der Waals surface area (Å²) in [5, 5.41) is 22.2. The van der Waals surface area contributed by atoms with E-state index in [0.717, 1.165) is 37.9 Å². The van der Waals surface area contributed by atoms with Gasteiger partial charge in [-0.15, -0.1) is 0 Å². The van der Waals surface area contributed by atoms with Crippen LogP contribution in [0.2, 0.25) is 0 Å². The minimum atomic E-state index is -0.640. The average Bonchev–Trinajstić information content (AvgIpc) is 3.33. The summed E-state index contributed by atoms with van der Waals surface area (Å²) in [5.74, 6) is 0.729. The number of hydrogen-bond acceptors (Lipinski definition) is 5. The van der Waals surface area contributed by atoms with Crippen molar-refractivity contribution in [2.24, 2.45) is 39.4 Å². The quantitative estimate of drug-likeness (QED) is 0.670. The van der Waals surface area contributed by atoms with E-state index in [4.69, 9.17) is 0 Å². The molecule has 8 unspecified atom stereocenters. The van der Waals surface area contributed by atoms with Crippen LogP contribution in [0, 0.1) is 39.4 Å². The third kappa shape index (κ3) is 2.88. The molecule has 0 amide bonds. The lowest BCUT2D eigenvalue weighted by atomic mass is 9.39. The number of allylic oxidation sites excluding steroid dienone is 4. The first-order valence-corrected chi connectivity index (χ1v) is 13.6. The highest BCUT2D eigenvalue weighted by Gasteiger charge is 2.75. The highest BCUT2D eigenvalue weighted by atomic mass is 16.3. The second-order valence-corrected chi connectivity index (χ2v) is 12.9. The van der Waals surface area contributed by atoms with Crippen LogP contribution in [-0.4, -0.2) is 52.5 Å². The van der Waals surface area contributed by atoms with E-state index in [1.807, 2.05) is 6.07 Å². The second-order valence-electron chi connectivity index (χ2n) is 12.9. The van der Waals surface area contributed by atoms with Gasteiger partial charge >= 0.3 is 0 Å². The molecule has 0 spiro atoms. The van der Waals surface area contributed by atoms with Crippen LogP contribution in [0.1, 0.15) is 52.0 Å². The molecular formula is C31H39NO4. The molecule has 1 aromatic rings. The van der Waals surface area contributed by atoms with Crippen LogP contribution in [0.15, 0.2) is 54.1 Å². The number of carbonyl (C=O) groups is 2. The molecule has 0 aromatic heterocycles. The molecule has 5 heteroatoms. The Morgan fingerprint density at radius 2 is 1.89 bits per heavy atom. The molecule has 5 nitrogen and oxygen atoms in total. The van der Waals surface area contributed by atoms with Crippen molar-refractivity contribution < 1.29 is 19.8 Å². The maximum atomic E-state index is 13.7. The summed E-state index contributed by atoms with van der Waals surface area (Å²) >= 11 is 0. The topological polar surface area (TPSA) is 77.8 Å². The number of benzene rings is 1. The third-order valence-corrected chi connectivity index (χ3v) is 11.9. The summed E-state index contributed by atoms with van der Waals surface area (Å²) < 4.78 is 0. The van der Waals surface area contributed by atoms with E-state index in [-0.39, 0.29) is 34.2 Å². The monoisotopic (exact) mass is 489 g/mol. The molecular weight excluding hydrogens is 450 g/mol. The predicted octanol–water partition coefficient (Wildman–Crippen LogP) is 3.94. The molecule has 0 radical (unpaired) electrons. The Labute approximate surface area is 214 Å². The van der Waals surface area contributed by atoms with Crippen molar-refractivity contribution in [1.82, 2.24) is 4.90 Å². The second kappa shape index (κ2) is 7.96. The van der Waals surface area contributed by atoms with Crippen molar-refractivity contribution in [2.45, 2.75) is 59.1 Å². The summed E-state index contributed by atoms with van der Waals surface area (Å²) in [4.78, 5) is 28.3. The minimum Gasteiger partial charge on any atom is -0.392 e. The van der Waals surface area contributed by atoms with Crippen molar-refractivity contribution in [2.75, 3.05) is 19.7 Å². The number of aliphatic hydroxyl groups is 2. The van der Waals surface area contributed by atoms with E-state index in [2.05, 4.69) is 56.0 Å². The van der Waals surface area contributed by atoms with Gasteiger partial charge in [0, 0.05) is 30.5 Å². The van der Waals surface area contributed by atoms with Gasteiger partial charge in [-0.05, 0) is 66.6 Å². The van der Waals surface area contributed by atoms with E-state index < -0.39 is 23.5 Å². The highest BCUT2D eigenvalue weighted by Crippen LogP contribution is 2.75. The summed E-state index contributed by atoms with van der Waals surface area (Å²) in [7, 11) is 0. The van der Waals surface area contributed by atoms with E-state index in [1.54, 1.807) is 12.2 Å². The first kappa shape index (κ1) is 24.3. The van der Waals surface area contributed by atoms with Crippen LogP contribution in [-0.2, 0) is 16.1 Å². The Hall–Kier alpha value is -2.08. The number of hydrogen-bond donors (Lipinski definition) is 2. The number of aliphatic hydroxyl groups excluding tert-OH is 2. The number of fused-ring (bicyclic) bond motifs is 7. The molecule has 2 N–H and O–H groups in total. The number of ketones is 2. The Kier molecular flexibility index (Phi) is 5.36.